The zero-order valence-electron chi connectivity index (χ0n) is 22.3. The lowest BCUT2D eigenvalue weighted by atomic mass is 9.85. The number of carbonyl (C=O) groups is 3. The van der Waals surface area contributed by atoms with Crippen LogP contribution in [0.5, 0.6) is 0 Å². The van der Waals surface area contributed by atoms with Crippen molar-refractivity contribution in [2.45, 2.75) is 65.0 Å². The summed E-state index contributed by atoms with van der Waals surface area (Å²) in [5.41, 5.74) is 1.02. The zero-order chi connectivity index (χ0) is 26.2. The predicted octanol–water partition coefficient (Wildman–Crippen LogP) is 1.56. The van der Waals surface area contributed by atoms with Crippen LogP contribution in [0.1, 0.15) is 45.0 Å². The number of likely N-dealkylation sites (tertiary alicyclic amines) is 1. The Balaban J connectivity index is 1.44. The number of methoxy groups -OCH3 is 1. The molecular formula is C27H40N4O5. The summed E-state index contributed by atoms with van der Waals surface area (Å²) in [6.07, 6.45) is -0.825. The van der Waals surface area contributed by atoms with Crippen molar-refractivity contribution < 1.29 is 23.9 Å². The lowest BCUT2D eigenvalue weighted by Crippen LogP contribution is -2.57. The average Bonchev–Trinajstić information content (AvgIpc) is 3.41. The molecule has 1 aromatic carbocycles. The van der Waals surface area contributed by atoms with E-state index in [1.807, 2.05) is 45.0 Å². The molecular weight excluding hydrogens is 460 g/mol. The molecule has 1 unspecified atom stereocenters. The standard InChI is InChI=1S/C27H40N4O5/c1-17(2)29-11-13-30(14-12-29)19-9-7-18(8-10-19)25(33)28-24(27(3,4)5)26(34)31-15-21(35-6)23-22(31)20(32)16-36-23/h7-10,17,21-24H,11-16H2,1-6H3,(H,28,33)/t21-,22+,23+,24?/m0/s1. The molecule has 3 heterocycles. The first kappa shape index (κ1) is 26.6. The van der Waals surface area contributed by atoms with Gasteiger partial charge in [-0.15, -0.1) is 0 Å². The maximum absolute atomic E-state index is 13.7. The van der Waals surface area contributed by atoms with Gasteiger partial charge in [-0.25, -0.2) is 0 Å². The first-order valence-electron chi connectivity index (χ1n) is 12.9. The van der Waals surface area contributed by atoms with Crippen LogP contribution in [0.25, 0.3) is 0 Å². The van der Waals surface area contributed by atoms with Gasteiger partial charge in [0.05, 0.1) is 6.54 Å². The SMILES string of the molecule is CO[C@H]1CN(C(=O)C(NC(=O)c2ccc(N3CCN(C(C)C)CC3)cc2)C(C)(C)C)[C@@H]2C(=O)CO[C@H]12. The Kier molecular flexibility index (Phi) is 7.73. The van der Waals surface area contributed by atoms with E-state index in [0.29, 0.717) is 11.6 Å². The summed E-state index contributed by atoms with van der Waals surface area (Å²) in [7, 11) is 1.55. The van der Waals surface area contributed by atoms with Gasteiger partial charge in [-0.2, -0.15) is 0 Å². The number of fused-ring (bicyclic) bond motifs is 1. The van der Waals surface area contributed by atoms with E-state index in [-0.39, 0.29) is 36.9 Å². The van der Waals surface area contributed by atoms with Gasteiger partial charge in [-0.3, -0.25) is 19.3 Å². The van der Waals surface area contributed by atoms with Crippen molar-refractivity contribution in [1.82, 2.24) is 15.1 Å². The molecule has 3 aliphatic rings. The summed E-state index contributed by atoms with van der Waals surface area (Å²) < 4.78 is 11.1. The van der Waals surface area contributed by atoms with Crippen LogP contribution in [0.2, 0.25) is 0 Å². The molecule has 36 heavy (non-hydrogen) atoms. The molecule has 1 aromatic rings. The molecule has 0 radical (unpaired) electrons. The Labute approximate surface area is 214 Å². The number of hydrogen-bond acceptors (Lipinski definition) is 7. The van der Waals surface area contributed by atoms with Crippen LogP contribution >= 0.6 is 0 Å². The highest BCUT2D eigenvalue weighted by atomic mass is 16.5. The van der Waals surface area contributed by atoms with Crippen LogP contribution in [0.4, 0.5) is 5.69 Å². The summed E-state index contributed by atoms with van der Waals surface area (Å²) in [5.74, 6) is -0.729. The van der Waals surface area contributed by atoms with Crippen LogP contribution in [0, 0.1) is 5.41 Å². The fourth-order valence-corrected chi connectivity index (χ4v) is 5.40. The second-order valence-electron chi connectivity index (χ2n) is 11.4. The third-order valence-electron chi connectivity index (χ3n) is 7.65. The average molecular weight is 501 g/mol. The Morgan fingerprint density at radius 1 is 1.08 bits per heavy atom. The second kappa shape index (κ2) is 10.5. The van der Waals surface area contributed by atoms with Gasteiger partial charge < -0.3 is 24.6 Å². The highest BCUT2D eigenvalue weighted by molar-refractivity contribution is 5.99. The van der Waals surface area contributed by atoms with Crippen LogP contribution in [0.3, 0.4) is 0 Å². The summed E-state index contributed by atoms with van der Waals surface area (Å²) in [6.45, 7) is 14.3. The number of ether oxygens (including phenoxy) is 2. The summed E-state index contributed by atoms with van der Waals surface area (Å²) in [4.78, 5) is 45.7. The third kappa shape index (κ3) is 5.28. The first-order chi connectivity index (χ1) is 17.0. The van der Waals surface area contributed by atoms with Crippen LogP contribution in [-0.4, -0.2) is 104 Å². The Morgan fingerprint density at radius 2 is 1.72 bits per heavy atom. The normalized spacial score (nSPS) is 25.9. The van der Waals surface area contributed by atoms with Crippen molar-refractivity contribution in [3.63, 3.8) is 0 Å². The molecule has 0 aliphatic carbocycles. The number of amides is 2. The Morgan fingerprint density at radius 3 is 2.28 bits per heavy atom. The monoisotopic (exact) mass is 500 g/mol. The van der Waals surface area contributed by atoms with Crippen molar-refractivity contribution in [2.75, 3.05) is 51.3 Å². The lowest BCUT2D eigenvalue weighted by Gasteiger charge is -2.38. The minimum absolute atomic E-state index is 0.0234. The maximum Gasteiger partial charge on any atom is 0.251 e. The first-order valence-corrected chi connectivity index (χ1v) is 12.9. The molecule has 0 bridgehead atoms. The molecule has 1 N–H and O–H groups in total. The molecule has 4 rings (SSSR count). The predicted molar refractivity (Wildman–Crippen MR) is 137 cm³/mol. The van der Waals surface area contributed by atoms with E-state index in [2.05, 4.69) is 29.0 Å². The molecule has 9 heteroatoms. The van der Waals surface area contributed by atoms with Crippen molar-refractivity contribution in [1.29, 1.82) is 0 Å². The van der Waals surface area contributed by atoms with Crippen molar-refractivity contribution >= 4 is 23.3 Å². The summed E-state index contributed by atoms with van der Waals surface area (Å²) in [6, 6.07) is 6.63. The van der Waals surface area contributed by atoms with E-state index in [4.69, 9.17) is 9.47 Å². The van der Waals surface area contributed by atoms with Gasteiger partial charge in [-0.1, -0.05) is 20.8 Å². The van der Waals surface area contributed by atoms with Gasteiger partial charge in [0.15, 0.2) is 5.78 Å². The number of nitrogens with zero attached hydrogens (tertiary/aromatic N) is 3. The zero-order valence-corrected chi connectivity index (χ0v) is 22.3. The van der Waals surface area contributed by atoms with E-state index < -0.39 is 23.6 Å². The van der Waals surface area contributed by atoms with E-state index >= 15 is 0 Å². The van der Waals surface area contributed by atoms with E-state index in [1.54, 1.807) is 7.11 Å². The largest absolute Gasteiger partial charge is 0.377 e. The summed E-state index contributed by atoms with van der Waals surface area (Å²) in [5, 5.41) is 2.95. The summed E-state index contributed by atoms with van der Waals surface area (Å²) >= 11 is 0. The van der Waals surface area contributed by atoms with Crippen LogP contribution in [0.15, 0.2) is 24.3 Å². The number of benzene rings is 1. The Hall–Kier alpha value is -2.49. The minimum Gasteiger partial charge on any atom is -0.377 e. The number of anilines is 1. The second-order valence-corrected chi connectivity index (χ2v) is 11.4. The van der Waals surface area contributed by atoms with Gasteiger partial charge in [0.25, 0.3) is 5.91 Å². The lowest BCUT2D eigenvalue weighted by molar-refractivity contribution is -0.140. The molecule has 2 amide bonds. The minimum atomic E-state index is -0.807. The van der Waals surface area contributed by atoms with Gasteiger partial charge in [0.2, 0.25) is 5.91 Å². The van der Waals surface area contributed by atoms with Crippen molar-refractivity contribution in [2.24, 2.45) is 5.41 Å². The number of ketones is 1. The number of piperazine rings is 1. The van der Waals surface area contributed by atoms with Crippen LogP contribution < -0.4 is 10.2 Å². The molecule has 3 fully saturated rings. The van der Waals surface area contributed by atoms with Crippen LogP contribution in [-0.2, 0) is 19.1 Å². The third-order valence-corrected chi connectivity index (χ3v) is 7.65. The van der Waals surface area contributed by atoms with E-state index in [1.165, 1.54) is 4.90 Å². The highest BCUT2D eigenvalue weighted by Crippen LogP contribution is 2.32. The number of hydrogen-bond donors (Lipinski definition) is 1. The Bertz CT molecular complexity index is 965. The van der Waals surface area contributed by atoms with Gasteiger partial charge >= 0.3 is 0 Å². The fourth-order valence-electron chi connectivity index (χ4n) is 5.40. The van der Waals surface area contributed by atoms with Crippen molar-refractivity contribution in [3.05, 3.63) is 29.8 Å². The molecule has 4 atom stereocenters. The molecule has 198 valence electrons. The number of Topliss-reactive ketones (excluding diaryl/α,β-unsaturated/α-hetero) is 1. The molecule has 0 aromatic heterocycles. The number of nitrogens with one attached hydrogen (secondary N) is 1. The smallest absolute Gasteiger partial charge is 0.251 e. The fraction of sp³-hybridized carbons (Fsp3) is 0.667. The maximum atomic E-state index is 13.7. The quantitative estimate of drug-likeness (QED) is 0.634. The van der Waals surface area contributed by atoms with Gasteiger partial charge in [0.1, 0.15) is 30.9 Å². The van der Waals surface area contributed by atoms with Gasteiger partial charge in [-0.05, 0) is 43.5 Å². The molecule has 9 nitrogen and oxygen atoms in total. The number of carbonyl (C=O) groups excluding carboxylic acids is 3. The van der Waals surface area contributed by atoms with E-state index in [0.717, 1.165) is 31.9 Å². The molecule has 0 spiro atoms. The molecule has 3 saturated heterocycles. The topological polar surface area (TPSA) is 91.4 Å². The molecule has 0 saturated carbocycles. The highest BCUT2D eigenvalue weighted by Gasteiger charge is 2.54. The van der Waals surface area contributed by atoms with E-state index in [9.17, 15) is 14.4 Å². The molecule has 3 aliphatic heterocycles. The van der Waals surface area contributed by atoms with Crippen molar-refractivity contribution in [3.8, 4) is 0 Å². The van der Waals surface area contributed by atoms with Gasteiger partial charge in [0, 0.05) is 50.6 Å². The number of rotatable bonds is 6.